The van der Waals surface area contributed by atoms with E-state index < -0.39 is 0 Å². The lowest BCUT2D eigenvalue weighted by Gasteiger charge is -2.08. The van der Waals surface area contributed by atoms with Crippen LogP contribution in [0.2, 0.25) is 0 Å². The fraction of sp³-hybridized carbons (Fsp3) is 0.600. The molecule has 0 bridgehead atoms. The van der Waals surface area contributed by atoms with Gasteiger partial charge in [0.15, 0.2) is 0 Å². The highest BCUT2D eigenvalue weighted by Crippen LogP contribution is 2.14. The Balaban J connectivity index is 3.80. The van der Waals surface area contributed by atoms with Gasteiger partial charge in [-0.15, -0.1) is 0 Å². The second-order valence-corrected chi connectivity index (χ2v) is 2.84. The normalized spacial score (nSPS) is 14.9. The average molecular weight is 138 g/mol. The van der Waals surface area contributed by atoms with Crippen molar-refractivity contribution in [1.29, 1.82) is 0 Å². The van der Waals surface area contributed by atoms with Gasteiger partial charge in [-0.1, -0.05) is 44.6 Å². The topological polar surface area (TPSA) is 0 Å². The highest BCUT2D eigenvalue weighted by molar-refractivity contribution is 5.09. The van der Waals surface area contributed by atoms with Crippen molar-refractivity contribution < 1.29 is 0 Å². The third-order valence-corrected chi connectivity index (χ3v) is 1.88. The minimum Gasteiger partial charge on any atom is -0.0991 e. The molecule has 0 heteroatoms. The molecule has 0 aromatic rings. The molecule has 0 fully saturated rings. The third-order valence-electron chi connectivity index (χ3n) is 1.88. The van der Waals surface area contributed by atoms with E-state index in [1.807, 2.05) is 6.08 Å². The van der Waals surface area contributed by atoms with Crippen LogP contribution >= 0.6 is 0 Å². The Morgan fingerprint density at radius 3 is 2.60 bits per heavy atom. The zero-order chi connectivity index (χ0) is 7.98. The van der Waals surface area contributed by atoms with E-state index in [0.29, 0.717) is 0 Å². The molecule has 0 saturated carbocycles. The second-order valence-electron chi connectivity index (χ2n) is 2.84. The summed E-state index contributed by atoms with van der Waals surface area (Å²) in [6.07, 6.45) is 6.52. The molecule has 0 N–H and O–H groups in total. The molecule has 10 heavy (non-hydrogen) atoms. The highest BCUT2D eigenvalue weighted by atomic mass is 14.1. The van der Waals surface area contributed by atoms with E-state index in [2.05, 4.69) is 33.4 Å². The molecule has 0 spiro atoms. The fourth-order valence-electron chi connectivity index (χ4n) is 1.01. The van der Waals surface area contributed by atoms with Crippen molar-refractivity contribution in [3.05, 3.63) is 24.3 Å². The third kappa shape index (κ3) is 3.49. The van der Waals surface area contributed by atoms with E-state index in [0.717, 1.165) is 5.92 Å². The molecule has 0 amide bonds. The fourth-order valence-corrected chi connectivity index (χ4v) is 1.01. The molecule has 0 nitrogen and oxygen atoms in total. The molecule has 0 aromatic carbocycles. The highest BCUT2D eigenvalue weighted by Gasteiger charge is 1.99. The van der Waals surface area contributed by atoms with Crippen LogP contribution in [0.4, 0.5) is 0 Å². The van der Waals surface area contributed by atoms with Gasteiger partial charge in [0, 0.05) is 0 Å². The number of hydrogen-bond acceptors (Lipinski definition) is 0. The Labute approximate surface area is 64.6 Å². The molecule has 1 unspecified atom stereocenters. The van der Waals surface area contributed by atoms with Crippen molar-refractivity contribution in [2.45, 2.75) is 33.6 Å². The lowest BCUT2D eigenvalue weighted by molar-refractivity contribution is 0.602. The average Bonchev–Trinajstić information content (AvgIpc) is 1.89. The van der Waals surface area contributed by atoms with Crippen LogP contribution in [0, 0.1) is 5.92 Å². The Kier molecular flexibility index (Phi) is 5.00. The van der Waals surface area contributed by atoms with Crippen molar-refractivity contribution in [2.75, 3.05) is 0 Å². The lowest BCUT2D eigenvalue weighted by Crippen LogP contribution is -1.94. The first kappa shape index (κ1) is 9.48. The van der Waals surface area contributed by atoms with Gasteiger partial charge in [-0.05, 0) is 19.3 Å². The van der Waals surface area contributed by atoms with Gasteiger partial charge in [-0.2, -0.15) is 0 Å². The van der Waals surface area contributed by atoms with Crippen LogP contribution in [0.3, 0.4) is 0 Å². The van der Waals surface area contributed by atoms with Crippen molar-refractivity contribution in [3.63, 3.8) is 0 Å². The summed E-state index contributed by atoms with van der Waals surface area (Å²) in [5, 5.41) is 0. The zero-order valence-electron chi connectivity index (χ0n) is 7.35. The van der Waals surface area contributed by atoms with E-state index in [-0.39, 0.29) is 0 Å². The van der Waals surface area contributed by atoms with Gasteiger partial charge in [-0.3, -0.25) is 0 Å². The molecular formula is C10H18. The lowest BCUT2D eigenvalue weighted by atomic mass is 9.97. The number of allylic oxidation sites excluding steroid dienone is 3. The summed E-state index contributed by atoms with van der Waals surface area (Å²) in [4.78, 5) is 0. The molecule has 0 heterocycles. The standard InChI is InChI=1S/C10H18/c1-5-7-9(3)10(4)8-6-2/h5,7,10H,1,6,8H2,2-4H3. The maximum Gasteiger partial charge on any atom is -0.0231 e. The van der Waals surface area contributed by atoms with E-state index in [9.17, 15) is 0 Å². The summed E-state index contributed by atoms with van der Waals surface area (Å²) in [6.45, 7) is 10.3. The molecule has 58 valence electrons. The molecule has 0 radical (unpaired) electrons. The van der Waals surface area contributed by atoms with Crippen LogP contribution in [0.1, 0.15) is 33.6 Å². The molecule has 0 rings (SSSR count). The minimum atomic E-state index is 0.725. The van der Waals surface area contributed by atoms with Crippen LogP contribution < -0.4 is 0 Å². The van der Waals surface area contributed by atoms with Gasteiger partial charge < -0.3 is 0 Å². The van der Waals surface area contributed by atoms with Crippen LogP contribution in [0.25, 0.3) is 0 Å². The van der Waals surface area contributed by atoms with Gasteiger partial charge in [0.2, 0.25) is 0 Å². The van der Waals surface area contributed by atoms with E-state index in [1.54, 1.807) is 0 Å². The molecular weight excluding hydrogens is 120 g/mol. The van der Waals surface area contributed by atoms with E-state index in [4.69, 9.17) is 0 Å². The number of hydrogen-bond donors (Lipinski definition) is 0. The van der Waals surface area contributed by atoms with Crippen molar-refractivity contribution in [3.8, 4) is 0 Å². The van der Waals surface area contributed by atoms with Crippen LogP contribution in [0.5, 0.6) is 0 Å². The van der Waals surface area contributed by atoms with Crippen molar-refractivity contribution in [2.24, 2.45) is 5.92 Å². The summed E-state index contributed by atoms with van der Waals surface area (Å²) in [6, 6.07) is 0. The van der Waals surface area contributed by atoms with Gasteiger partial charge >= 0.3 is 0 Å². The molecule has 0 saturated heterocycles. The maximum absolute atomic E-state index is 3.67. The van der Waals surface area contributed by atoms with E-state index in [1.165, 1.54) is 18.4 Å². The number of rotatable bonds is 4. The summed E-state index contributed by atoms with van der Waals surface area (Å²) in [5.41, 5.74) is 1.44. The smallest absolute Gasteiger partial charge is 0.0231 e. The first-order valence-corrected chi connectivity index (χ1v) is 4.01. The second kappa shape index (κ2) is 5.28. The Morgan fingerprint density at radius 2 is 2.20 bits per heavy atom. The zero-order valence-corrected chi connectivity index (χ0v) is 7.35. The monoisotopic (exact) mass is 138 g/mol. The summed E-state index contributed by atoms with van der Waals surface area (Å²) < 4.78 is 0. The molecule has 0 aliphatic rings. The Morgan fingerprint density at radius 1 is 1.60 bits per heavy atom. The molecule has 0 aromatic heterocycles. The van der Waals surface area contributed by atoms with Crippen LogP contribution in [-0.2, 0) is 0 Å². The minimum absolute atomic E-state index is 0.725. The van der Waals surface area contributed by atoms with Crippen LogP contribution in [-0.4, -0.2) is 0 Å². The van der Waals surface area contributed by atoms with Gasteiger partial charge in [0.05, 0.1) is 0 Å². The van der Waals surface area contributed by atoms with Crippen molar-refractivity contribution in [1.82, 2.24) is 0 Å². The van der Waals surface area contributed by atoms with Gasteiger partial charge in [0.25, 0.3) is 0 Å². The predicted molar refractivity (Wildman–Crippen MR) is 48.0 cm³/mol. The summed E-state index contributed by atoms with van der Waals surface area (Å²) in [5.74, 6) is 0.725. The summed E-state index contributed by atoms with van der Waals surface area (Å²) >= 11 is 0. The molecule has 0 aliphatic carbocycles. The Hall–Kier alpha value is -0.520. The van der Waals surface area contributed by atoms with Gasteiger partial charge in [0.1, 0.15) is 0 Å². The Bertz CT molecular complexity index is 120. The SMILES string of the molecule is C=CC=C(C)C(C)CCC. The first-order chi connectivity index (χ1) is 4.72. The van der Waals surface area contributed by atoms with Crippen molar-refractivity contribution >= 4 is 0 Å². The largest absolute Gasteiger partial charge is 0.0991 e. The predicted octanol–water partition coefficient (Wildman–Crippen LogP) is 3.55. The first-order valence-electron chi connectivity index (χ1n) is 4.01. The van der Waals surface area contributed by atoms with E-state index >= 15 is 0 Å². The van der Waals surface area contributed by atoms with Gasteiger partial charge in [-0.25, -0.2) is 0 Å². The molecule has 0 aliphatic heterocycles. The quantitative estimate of drug-likeness (QED) is 0.521. The maximum atomic E-state index is 3.67. The molecule has 1 atom stereocenters. The van der Waals surface area contributed by atoms with Crippen LogP contribution in [0.15, 0.2) is 24.3 Å². The summed E-state index contributed by atoms with van der Waals surface area (Å²) in [7, 11) is 0.